The van der Waals surface area contributed by atoms with Crippen LogP contribution in [0, 0.1) is 7.14 Å². The van der Waals surface area contributed by atoms with Crippen molar-refractivity contribution >= 4 is 93.7 Å². The summed E-state index contributed by atoms with van der Waals surface area (Å²) in [7, 11) is 0. The Balaban J connectivity index is 0.00000130. The van der Waals surface area contributed by atoms with Crippen LogP contribution in [0.15, 0.2) is 58.5 Å². The molecule has 0 radical (unpaired) electrons. The molecule has 0 aliphatic heterocycles. The first-order chi connectivity index (χ1) is 30.0. The first-order valence-corrected chi connectivity index (χ1v) is 23.2. The molecule has 0 heterocycles. The zero-order valence-electron chi connectivity index (χ0n) is 42.5. The van der Waals surface area contributed by atoms with Crippen LogP contribution in [0.3, 0.4) is 0 Å². The van der Waals surface area contributed by atoms with Gasteiger partial charge in [-0.05, 0) is 212 Å². The van der Waals surface area contributed by atoms with Crippen LogP contribution >= 0.6 is 45.2 Å². The van der Waals surface area contributed by atoms with Crippen LogP contribution in [0.2, 0.25) is 0 Å². The van der Waals surface area contributed by atoms with Crippen LogP contribution in [-0.4, -0.2) is 91.9 Å². The van der Waals surface area contributed by atoms with Crippen LogP contribution in [-0.2, 0) is 46.2 Å². The third kappa shape index (κ3) is 31.8. The van der Waals surface area contributed by atoms with Crippen molar-refractivity contribution in [3.8, 4) is 0 Å². The van der Waals surface area contributed by atoms with Crippen molar-refractivity contribution < 1.29 is 61.9 Å². The number of halogens is 2. The van der Waals surface area contributed by atoms with E-state index in [1.54, 1.807) is 150 Å². The highest BCUT2D eigenvalue weighted by Gasteiger charge is 2.41. The number of imide groups is 1. The van der Waals surface area contributed by atoms with E-state index in [-0.39, 0.29) is 6.54 Å². The molecule has 0 fully saturated rings. The quantitative estimate of drug-likeness (QED) is 0.0751. The molecule has 67 heavy (non-hydrogen) atoms. The highest BCUT2D eigenvalue weighted by molar-refractivity contribution is 14.1. The van der Waals surface area contributed by atoms with Crippen molar-refractivity contribution in [2.75, 3.05) is 0 Å². The maximum atomic E-state index is 13.6. The third-order valence-electron chi connectivity index (χ3n) is 6.37. The number of carbonyl (C=O) groups is 6. The van der Waals surface area contributed by atoms with E-state index in [0.717, 1.165) is 8.47 Å². The SMILES string of the molecule is CC(C)(C)OC(=O)N=C(N(Cc1cccc(I)c1)C(=O)OC(C)(C)C)N(C(=O)OC(C)(C)C)C(=O)OC(C)(C)C.CC(C)(C)OC(=O)OC(=O)OC(C)(C)C.CC(N)=NCc1cccc(I)c1. The summed E-state index contributed by atoms with van der Waals surface area (Å²) in [4.78, 5) is 85.0. The number of rotatable bonds is 4. The van der Waals surface area contributed by atoms with Gasteiger partial charge in [0.2, 0.25) is 5.96 Å². The zero-order valence-corrected chi connectivity index (χ0v) is 46.8. The monoisotopic (exact) mass is 1170 g/mol. The summed E-state index contributed by atoms with van der Waals surface area (Å²) in [6, 6.07) is 15.4. The number of guanidine groups is 1. The molecule has 4 amide bonds. The molecule has 0 atom stereocenters. The molecule has 18 nitrogen and oxygen atoms in total. The highest BCUT2D eigenvalue weighted by Crippen LogP contribution is 2.22. The van der Waals surface area contributed by atoms with Gasteiger partial charge in [0.25, 0.3) is 0 Å². The van der Waals surface area contributed by atoms with Gasteiger partial charge in [-0.2, -0.15) is 0 Å². The van der Waals surface area contributed by atoms with Crippen molar-refractivity contribution in [2.24, 2.45) is 15.7 Å². The summed E-state index contributed by atoms with van der Waals surface area (Å²) in [6.45, 7) is 31.7. The average Bonchev–Trinajstić information content (AvgIpc) is 3.05. The minimum absolute atomic E-state index is 0.227. The van der Waals surface area contributed by atoms with E-state index in [2.05, 4.69) is 78.1 Å². The lowest BCUT2D eigenvalue weighted by Gasteiger charge is -2.33. The number of benzene rings is 2. The summed E-state index contributed by atoms with van der Waals surface area (Å²) >= 11 is 4.39. The molecule has 0 aliphatic rings. The summed E-state index contributed by atoms with van der Waals surface area (Å²) in [5.74, 6) is -0.0697. The zero-order chi connectivity index (χ0) is 52.5. The minimum atomic E-state index is -1.22. The van der Waals surface area contributed by atoms with Crippen molar-refractivity contribution in [3.05, 3.63) is 66.8 Å². The summed E-state index contributed by atoms with van der Waals surface area (Å²) in [5, 5.41) is 0. The van der Waals surface area contributed by atoms with Crippen LogP contribution < -0.4 is 5.73 Å². The molecule has 0 unspecified atom stereocenters. The number of nitrogens with zero attached hydrogens (tertiary/aromatic N) is 4. The molecule has 2 rings (SSSR count). The molecule has 20 heteroatoms. The molecule has 0 aliphatic carbocycles. The van der Waals surface area contributed by atoms with Crippen molar-refractivity contribution in [1.82, 2.24) is 9.80 Å². The van der Waals surface area contributed by atoms with E-state index in [1.807, 2.05) is 12.1 Å². The first kappa shape index (κ1) is 62.3. The van der Waals surface area contributed by atoms with Gasteiger partial charge >= 0.3 is 36.7 Å². The second-order valence-electron chi connectivity index (χ2n) is 20.5. The van der Waals surface area contributed by atoms with E-state index in [1.165, 1.54) is 9.13 Å². The topological polar surface area (TPSA) is 224 Å². The molecule has 2 N–H and O–H groups in total. The lowest BCUT2D eigenvalue weighted by molar-refractivity contribution is -0.0296. The molecule has 0 bridgehead atoms. The van der Waals surface area contributed by atoms with Gasteiger partial charge in [0.05, 0.1) is 18.9 Å². The Hall–Kier alpha value is -4.74. The Morgan fingerprint density at radius 2 is 0.896 bits per heavy atom. The lowest BCUT2D eigenvalue weighted by Crippen LogP contribution is -2.55. The molecule has 376 valence electrons. The Kier molecular flexibility index (Phi) is 24.3. The number of amidine groups is 1. The normalized spacial score (nSPS) is 12.4. The molecule has 0 saturated heterocycles. The van der Waals surface area contributed by atoms with E-state index in [9.17, 15) is 28.8 Å². The largest absolute Gasteiger partial charge is 0.519 e. The molecule has 0 spiro atoms. The Morgan fingerprint density at radius 1 is 0.537 bits per heavy atom. The number of carbonyl (C=O) groups excluding carboxylic acids is 6. The molecule has 2 aromatic rings. The highest BCUT2D eigenvalue weighted by atomic mass is 127. The number of amides is 4. The predicted molar refractivity (Wildman–Crippen MR) is 273 cm³/mol. The smallest absolute Gasteiger partial charge is 0.443 e. The van der Waals surface area contributed by atoms with Crippen molar-refractivity contribution in [3.63, 3.8) is 0 Å². The van der Waals surface area contributed by atoms with Gasteiger partial charge in [-0.3, -0.25) is 4.99 Å². The molecule has 2 aromatic carbocycles. The van der Waals surface area contributed by atoms with Gasteiger partial charge in [-0.25, -0.2) is 33.7 Å². The molecule has 0 aromatic heterocycles. The molecule has 0 saturated carbocycles. The van der Waals surface area contributed by atoms with Gasteiger partial charge in [0, 0.05) is 7.14 Å². The fourth-order valence-corrected chi connectivity index (χ4v) is 5.48. The van der Waals surface area contributed by atoms with Crippen molar-refractivity contribution in [2.45, 2.75) is 178 Å². The lowest BCUT2D eigenvalue weighted by atomic mass is 10.2. The number of hydrogen-bond donors (Lipinski definition) is 1. The fraction of sp³-hybridized carbons (Fsp3) is 0.574. The van der Waals surface area contributed by atoms with E-state index < -0.39 is 76.2 Å². The van der Waals surface area contributed by atoms with Crippen LogP contribution in [0.25, 0.3) is 0 Å². The Morgan fingerprint density at radius 3 is 1.25 bits per heavy atom. The molecular formula is C47H71I2N5O13. The Bertz CT molecular complexity index is 2010. The van der Waals surface area contributed by atoms with Gasteiger partial charge in [0.15, 0.2) is 0 Å². The molecular weight excluding hydrogens is 1100 g/mol. The second-order valence-corrected chi connectivity index (χ2v) is 23.0. The summed E-state index contributed by atoms with van der Waals surface area (Å²) < 4.78 is 37.8. The third-order valence-corrected chi connectivity index (χ3v) is 7.71. The van der Waals surface area contributed by atoms with E-state index in [4.69, 9.17) is 34.2 Å². The standard InChI is InChI=1S/C28H42IN3O8.C10H18O5.C9H11IN2/c1-25(2,3)37-21(33)30-20(32(23(35)39-27(7,8)9)24(36)40-28(10,11)12)31(22(34)38-26(4,5)6)17-18-14-13-15-19(29)16-18;1-9(2,3)14-7(11)13-8(12)15-10(4,5)6;1-7(11)12-6-8-3-2-4-9(10)5-8/h13-16H,17H2,1-12H3;1-6H3;2-5H,6H2,1H3,(H2,11,12). The number of aliphatic imine (C=N–C) groups is 2. The summed E-state index contributed by atoms with van der Waals surface area (Å²) in [5.41, 5.74) is 1.78. The van der Waals surface area contributed by atoms with E-state index in [0.29, 0.717) is 22.8 Å². The maximum absolute atomic E-state index is 13.6. The number of nitrogens with two attached hydrogens (primary N) is 1. The second kappa shape index (κ2) is 26.1. The Labute approximate surface area is 423 Å². The van der Waals surface area contributed by atoms with Gasteiger partial charge < -0.3 is 38.9 Å². The van der Waals surface area contributed by atoms with Gasteiger partial charge in [-0.1, -0.05) is 24.3 Å². The first-order valence-electron chi connectivity index (χ1n) is 21.0. The van der Waals surface area contributed by atoms with Crippen molar-refractivity contribution in [1.29, 1.82) is 0 Å². The maximum Gasteiger partial charge on any atom is 0.519 e. The average molecular weight is 1170 g/mol. The summed E-state index contributed by atoms with van der Waals surface area (Å²) in [6.07, 6.45) is -6.70. The number of ether oxygens (including phenoxy) is 7. The van der Waals surface area contributed by atoms with Gasteiger partial charge in [0.1, 0.15) is 33.6 Å². The number of hydrogen-bond acceptors (Lipinski definition) is 14. The van der Waals surface area contributed by atoms with Crippen LogP contribution in [0.5, 0.6) is 0 Å². The predicted octanol–water partition coefficient (Wildman–Crippen LogP) is 12.5. The van der Waals surface area contributed by atoms with Crippen LogP contribution in [0.1, 0.15) is 143 Å². The van der Waals surface area contributed by atoms with E-state index >= 15 is 0 Å². The van der Waals surface area contributed by atoms with Crippen LogP contribution in [0.4, 0.5) is 28.8 Å². The fourth-order valence-electron chi connectivity index (χ4n) is 4.26. The minimum Gasteiger partial charge on any atom is -0.443 e. The van der Waals surface area contributed by atoms with Gasteiger partial charge in [-0.15, -0.1) is 9.89 Å².